The lowest BCUT2D eigenvalue weighted by Gasteiger charge is -2.08. The number of allylic oxidation sites excluding steroid dienone is 1. The van der Waals surface area contributed by atoms with Gasteiger partial charge in [-0.05, 0) is 24.3 Å². The molecule has 1 aromatic heterocycles. The van der Waals surface area contributed by atoms with Crippen LogP contribution in [0, 0.1) is 0 Å². The maximum atomic E-state index is 12.5. The van der Waals surface area contributed by atoms with Crippen LogP contribution in [0.1, 0.15) is 10.5 Å². The Morgan fingerprint density at radius 3 is 2.23 bits per heavy atom. The van der Waals surface area contributed by atoms with Crippen LogP contribution in [0.4, 0.5) is 0 Å². The van der Waals surface area contributed by atoms with Gasteiger partial charge in [-0.2, -0.15) is 0 Å². The van der Waals surface area contributed by atoms with Gasteiger partial charge in [0.2, 0.25) is 11.5 Å². The Morgan fingerprint density at radius 1 is 1.00 bits per heavy atom. The van der Waals surface area contributed by atoms with E-state index in [1.807, 2.05) is 0 Å². The van der Waals surface area contributed by atoms with Crippen LogP contribution in [0.15, 0.2) is 65.4 Å². The van der Waals surface area contributed by atoms with Gasteiger partial charge in [-0.25, -0.2) is 17.2 Å². The Kier molecular flexibility index (Phi) is 4.13. The molecule has 8 heteroatoms. The van der Waals surface area contributed by atoms with Gasteiger partial charge >= 0.3 is 5.97 Å². The minimum atomic E-state index is -3.99. The number of nitrogens with zero attached hydrogens (tertiary/aromatic N) is 1. The lowest BCUT2D eigenvalue weighted by molar-refractivity contribution is -0.135. The number of rotatable bonds is 5. The van der Waals surface area contributed by atoms with E-state index in [1.165, 1.54) is 42.6 Å². The summed E-state index contributed by atoms with van der Waals surface area (Å²) in [7, 11) is -3.99. The number of carboxylic acids is 1. The molecule has 22 heavy (non-hydrogen) atoms. The maximum absolute atomic E-state index is 12.5. The van der Waals surface area contributed by atoms with Crippen LogP contribution in [-0.2, 0) is 14.8 Å². The van der Waals surface area contributed by atoms with Gasteiger partial charge in [-0.1, -0.05) is 18.2 Å². The molecule has 114 valence electrons. The summed E-state index contributed by atoms with van der Waals surface area (Å²) in [6.07, 6.45) is 1.62. The van der Waals surface area contributed by atoms with Crippen molar-refractivity contribution < 1.29 is 28.2 Å². The van der Waals surface area contributed by atoms with Crippen LogP contribution in [0.5, 0.6) is 0 Å². The number of aliphatic hydroxyl groups is 1. The fourth-order valence-corrected chi connectivity index (χ4v) is 3.10. The molecule has 0 aliphatic carbocycles. The highest BCUT2D eigenvalue weighted by Gasteiger charge is 2.22. The Balaban J connectivity index is 2.49. The Hall–Kier alpha value is -2.87. The highest BCUT2D eigenvalue weighted by atomic mass is 32.2. The summed E-state index contributed by atoms with van der Waals surface area (Å²) < 4.78 is 25.6. The molecule has 0 aliphatic heterocycles. The quantitative estimate of drug-likeness (QED) is 0.489. The lowest BCUT2D eigenvalue weighted by atomic mass is 10.2. The molecule has 0 fully saturated rings. The van der Waals surface area contributed by atoms with Crippen molar-refractivity contribution >= 4 is 21.8 Å². The van der Waals surface area contributed by atoms with Crippen molar-refractivity contribution in [3.8, 4) is 0 Å². The van der Waals surface area contributed by atoms with E-state index in [9.17, 15) is 18.0 Å². The maximum Gasteiger partial charge on any atom is 0.371 e. The van der Waals surface area contributed by atoms with Crippen molar-refractivity contribution in [2.45, 2.75) is 4.90 Å². The molecule has 0 spiro atoms. The van der Waals surface area contributed by atoms with Crippen LogP contribution in [-0.4, -0.2) is 34.4 Å². The van der Waals surface area contributed by atoms with Gasteiger partial charge in [-0.3, -0.25) is 4.79 Å². The molecule has 2 aromatic rings. The van der Waals surface area contributed by atoms with Gasteiger partial charge in [0.1, 0.15) is 5.69 Å². The molecule has 0 radical (unpaired) electrons. The van der Waals surface area contributed by atoms with Crippen LogP contribution >= 0.6 is 0 Å². The standard InChI is InChI=1S/C14H11NO6S/c16-12(9-13(17)14(18)19)11-7-4-8-15(11)22(20,21)10-5-2-1-3-6-10/h1-9,17H,(H,18,19). The summed E-state index contributed by atoms with van der Waals surface area (Å²) in [5, 5.41) is 17.6. The summed E-state index contributed by atoms with van der Waals surface area (Å²) >= 11 is 0. The first-order valence-corrected chi connectivity index (χ1v) is 7.44. The second-order valence-electron chi connectivity index (χ2n) is 4.21. The molecular weight excluding hydrogens is 310 g/mol. The van der Waals surface area contributed by atoms with Crippen LogP contribution < -0.4 is 0 Å². The van der Waals surface area contributed by atoms with E-state index in [4.69, 9.17) is 10.2 Å². The van der Waals surface area contributed by atoms with Gasteiger partial charge in [0.05, 0.1) is 4.90 Å². The molecule has 1 aromatic carbocycles. The smallest absolute Gasteiger partial charge is 0.371 e. The summed E-state index contributed by atoms with van der Waals surface area (Å²) in [6, 6.07) is 10.0. The molecule has 2 N–H and O–H groups in total. The molecule has 0 atom stereocenters. The normalized spacial score (nSPS) is 12.1. The molecule has 0 aliphatic rings. The Morgan fingerprint density at radius 2 is 1.64 bits per heavy atom. The second kappa shape index (κ2) is 5.86. The fraction of sp³-hybridized carbons (Fsp3) is 0. The number of aromatic nitrogens is 1. The lowest BCUT2D eigenvalue weighted by Crippen LogP contribution is -2.17. The minimum absolute atomic E-state index is 0.0216. The number of hydrogen-bond acceptors (Lipinski definition) is 5. The van der Waals surface area contributed by atoms with Crippen molar-refractivity contribution in [3.63, 3.8) is 0 Å². The molecule has 7 nitrogen and oxygen atoms in total. The molecule has 2 rings (SSSR count). The van der Waals surface area contributed by atoms with E-state index in [1.54, 1.807) is 6.07 Å². The number of ketones is 1. The molecule has 0 bridgehead atoms. The van der Waals surface area contributed by atoms with E-state index in [2.05, 4.69) is 0 Å². The molecule has 0 amide bonds. The molecular formula is C14H11NO6S. The van der Waals surface area contributed by atoms with Gasteiger partial charge in [0.25, 0.3) is 10.0 Å². The van der Waals surface area contributed by atoms with E-state index in [0.717, 1.165) is 3.97 Å². The fourth-order valence-electron chi connectivity index (χ4n) is 1.73. The van der Waals surface area contributed by atoms with E-state index >= 15 is 0 Å². The average Bonchev–Trinajstić information content (AvgIpc) is 2.98. The number of carbonyl (C=O) groups excluding carboxylic acids is 1. The van der Waals surface area contributed by atoms with E-state index < -0.39 is 27.5 Å². The monoisotopic (exact) mass is 321 g/mol. The zero-order valence-corrected chi connectivity index (χ0v) is 11.9. The van der Waals surface area contributed by atoms with Crippen molar-refractivity contribution in [1.82, 2.24) is 3.97 Å². The van der Waals surface area contributed by atoms with Crippen molar-refractivity contribution in [2.24, 2.45) is 0 Å². The second-order valence-corrected chi connectivity index (χ2v) is 6.02. The first-order chi connectivity index (χ1) is 10.3. The van der Waals surface area contributed by atoms with Gasteiger partial charge in [-0.15, -0.1) is 0 Å². The summed E-state index contributed by atoms with van der Waals surface area (Å²) in [4.78, 5) is 22.4. The molecule has 1 heterocycles. The zero-order chi connectivity index (χ0) is 16.3. The van der Waals surface area contributed by atoms with Crippen molar-refractivity contribution in [3.05, 3.63) is 66.2 Å². The third-order valence-electron chi connectivity index (χ3n) is 2.75. The Bertz CT molecular complexity index is 848. The minimum Gasteiger partial charge on any atom is -0.502 e. The molecule has 0 saturated heterocycles. The highest BCUT2D eigenvalue weighted by molar-refractivity contribution is 7.90. The zero-order valence-electron chi connectivity index (χ0n) is 11.1. The number of benzene rings is 1. The third-order valence-corrected chi connectivity index (χ3v) is 4.46. The largest absolute Gasteiger partial charge is 0.502 e. The highest BCUT2D eigenvalue weighted by Crippen LogP contribution is 2.17. The van der Waals surface area contributed by atoms with E-state index in [0.29, 0.717) is 6.08 Å². The molecule has 0 unspecified atom stereocenters. The van der Waals surface area contributed by atoms with Gasteiger partial charge in [0, 0.05) is 12.3 Å². The van der Waals surface area contributed by atoms with E-state index in [-0.39, 0.29) is 10.6 Å². The average molecular weight is 321 g/mol. The summed E-state index contributed by atoms with van der Waals surface area (Å²) in [6.45, 7) is 0. The van der Waals surface area contributed by atoms with Crippen LogP contribution in [0.3, 0.4) is 0 Å². The SMILES string of the molecule is O=C(O)C(O)=CC(=O)c1cccn1S(=O)(=O)c1ccccc1. The number of carboxylic acid groups (broad SMARTS) is 1. The summed E-state index contributed by atoms with van der Waals surface area (Å²) in [5.41, 5.74) is -0.281. The number of aliphatic hydroxyl groups excluding tert-OH is 1. The van der Waals surface area contributed by atoms with Crippen molar-refractivity contribution in [2.75, 3.05) is 0 Å². The number of hydrogen-bond donors (Lipinski definition) is 2. The first-order valence-electron chi connectivity index (χ1n) is 6.00. The predicted molar refractivity (Wildman–Crippen MR) is 76.1 cm³/mol. The predicted octanol–water partition coefficient (Wildman–Crippen LogP) is 1.43. The van der Waals surface area contributed by atoms with Crippen LogP contribution in [0.2, 0.25) is 0 Å². The molecule has 0 saturated carbocycles. The topological polar surface area (TPSA) is 114 Å². The summed E-state index contributed by atoms with van der Waals surface area (Å²) in [5.74, 6) is -3.79. The number of aliphatic carboxylic acids is 1. The number of carbonyl (C=O) groups is 2. The van der Waals surface area contributed by atoms with Crippen LogP contribution in [0.25, 0.3) is 0 Å². The van der Waals surface area contributed by atoms with Gasteiger partial charge < -0.3 is 10.2 Å². The first kappa shape index (κ1) is 15.5. The van der Waals surface area contributed by atoms with Gasteiger partial charge in [0.15, 0.2) is 0 Å². The third kappa shape index (κ3) is 2.91. The Labute approximate surface area is 125 Å². The van der Waals surface area contributed by atoms with Crippen molar-refractivity contribution in [1.29, 1.82) is 0 Å².